The Kier molecular flexibility index (Phi) is 3.60. The summed E-state index contributed by atoms with van der Waals surface area (Å²) in [6.45, 7) is 1.46. The van der Waals surface area contributed by atoms with E-state index >= 15 is 0 Å². The van der Waals surface area contributed by atoms with Crippen molar-refractivity contribution >= 4 is 17.3 Å². The topological polar surface area (TPSA) is 23.6 Å². The van der Waals surface area contributed by atoms with Crippen molar-refractivity contribution in [3.8, 4) is 0 Å². The van der Waals surface area contributed by atoms with Gasteiger partial charge in [0.1, 0.15) is 5.82 Å². The van der Waals surface area contributed by atoms with Crippen LogP contribution < -0.4 is 9.80 Å². The van der Waals surface area contributed by atoms with Gasteiger partial charge in [0.25, 0.3) is 5.91 Å². The second kappa shape index (κ2) is 5.56. The van der Waals surface area contributed by atoms with Gasteiger partial charge in [0.15, 0.2) is 0 Å². The van der Waals surface area contributed by atoms with Crippen molar-refractivity contribution in [2.75, 3.05) is 29.9 Å². The fourth-order valence-electron chi connectivity index (χ4n) is 2.71. The zero-order valence-electron chi connectivity index (χ0n) is 11.9. The number of anilines is 2. The number of hydrogen-bond acceptors (Lipinski definition) is 2. The van der Waals surface area contributed by atoms with Crippen LogP contribution in [0.1, 0.15) is 16.8 Å². The third-order valence-corrected chi connectivity index (χ3v) is 3.81. The Bertz CT molecular complexity index is 671. The maximum absolute atomic E-state index is 13.9. The molecule has 0 aliphatic carbocycles. The molecule has 4 heteroatoms. The average Bonchev–Trinajstić information content (AvgIpc) is 2.67. The van der Waals surface area contributed by atoms with Crippen LogP contribution in [0.5, 0.6) is 0 Å². The number of fused-ring (bicyclic) bond motifs is 1. The van der Waals surface area contributed by atoms with Crippen LogP contribution in [0.3, 0.4) is 0 Å². The third-order valence-electron chi connectivity index (χ3n) is 3.81. The number of carbonyl (C=O) groups excluding carboxylic acids is 1. The predicted molar refractivity (Wildman–Crippen MR) is 82.4 cm³/mol. The molecule has 0 atom stereocenters. The second-order valence-corrected chi connectivity index (χ2v) is 5.20. The highest BCUT2D eigenvalue weighted by Crippen LogP contribution is 2.32. The molecule has 1 amide bonds. The van der Waals surface area contributed by atoms with Crippen LogP contribution in [0, 0.1) is 5.82 Å². The van der Waals surface area contributed by atoms with E-state index in [1.807, 2.05) is 31.3 Å². The van der Waals surface area contributed by atoms with Crippen LogP contribution in [-0.4, -0.2) is 26.0 Å². The minimum Gasteiger partial charge on any atom is -0.373 e. The molecule has 21 heavy (non-hydrogen) atoms. The molecule has 2 aromatic carbocycles. The number of carbonyl (C=O) groups is 1. The van der Waals surface area contributed by atoms with Crippen molar-refractivity contribution in [3.05, 3.63) is 59.9 Å². The summed E-state index contributed by atoms with van der Waals surface area (Å²) in [7, 11) is 2.01. The SMILES string of the molecule is CN1CCCN(C(=O)c2ccccc2F)c2ccccc21. The Morgan fingerprint density at radius 3 is 2.43 bits per heavy atom. The zero-order chi connectivity index (χ0) is 14.8. The third kappa shape index (κ3) is 2.49. The first-order chi connectivity index (χ1) is 10.2. The van der Waals surface area contributed by atoms with Gasteiger partial charge in [0.2, 0.25) is 0 Å². The van der Waals surface area contributed by atoms with Crippen LogP contribution in [0.15, 0.2) is 48.5 Å². The maximum Gasteiger partial charge on any atom is 0.261 e. The fourth-order valence-corrected chi connectivity index (χ4v) is 2.71. The van der Waals surface area contributed by atoms with Gasteiger partial charge < -0.3 is 9.80 Å². The summed E-state index contributed by atoms with van der Waals surface area (Å²) in [6, 6.07) is 13.9. The summed E-state index contributed by atoms with van der Waals surface area (Å²) < 4.78 is 13.9. The van der Waals surface area contributed by atoms with E-state index in [1.54, 1.807) is 17.0 Å². The molecule has 0 spiro atoms. The Morgan fingerprint density at radius 2 is 1.67 bits per heavy atom. The van der Waals surface area contributed by atoms with Gasteiger partial charge in [-0.25, -0.2) is 4.39 Å². The second-order valence-electron chi connectivity index (χ2n) is 5.20. The smallest absolute Gasteiger partial charge is 0.261 e. The Hall–Kier alpha value is -2.36. The Balaban J connectivity index is 2.04. The van der Waals surface area contributed by atoms with Crippen molar-refractivity contribution in [2.45, 2.75) is 6.42 Å². The first kappa shape index (κ1) is 13.6. The molecule has 0 N–H and O–H groups in total. The molecule has 2 aromatic rings. The monoisotopic (exact) mass is 284 g/mol. The van der Waals surface area contributed by atoms with Gasteiger partial charge in [0.05, 0.1) is 16.9 Å². The minimum atomic E-state index is -0.474. The summed E-state index contributed by atoms with van der Waals surface area (Å²) in [5.41, 5.74) is 1.96. The van der Waals surface area contributed by atoms with E-state index in [-0.39, 0.29) is 11.5 Å². The normalized spacial score (nSPS) is 14.6. The maximum atomic E-state index is 13.9. The Morgan fingerprint density at radius 1 is 1.00 bits per heavy atom. The van der Waals surface area contributed by atoms with E-state index in [9.17, 15) is 9.18 Å². The van der Waals surface area contributed by atoms with Crippen molar-refractivity contribution < 1.29 is 9.18 Å². The van der Waals surface area contributed by atoms with Crippen LogP contribution >= 0.6 is 0 Å². The molecule has 0 unspecified atom stereocenters. The van der Waals surface area contributed by atoms with E-state index in [4.69, 9.17) is 0 Å². The van der Waals surface area contributed by atoms with Gasteiger partial charge >= 0.3 is 0 Å². The van der Waals surface area contributed by atoms with Gasteiger partial charge in [-0.1, -0.05) is 24.3 Å². The molecule has 1 aliphatic heterocycles. The summed E-state index contributed by atoms with van der Waals surface area (Å²) in [4.78, 5) is 16.5. The van der Waals surface area contributed by atoms with Crippen LogP contribution in [-0.2, 0) is 0 Å². The van der Waals surface area contributed by atoms with Crippen LogP contribution in [0.25, 0.3) is 0 Å². The van der Waals surface area contributed by atoms with E-state index < -0.39 is 5.82 Å². The molecule has 0 radical (unpaired) electrons. The molecule has 0 saturated heterocycles. The molecule has 0 saturated carbocycles. The van der Waals surface area contributed by atoms with Gasteiger partial charge in [-0.05, 0) is 30.7 Å². The van der Waals surface area contributed by atoms with Crippen molar-refractivity contribution in [2.24, 2.45) is 0 Å². The highest BCUT2D eigenvalue weighted by atomic mass is 19.1. The number of rotatable bonds is 1. The first-order valence-electron chi connectivity index (χ1n) is 7.05. The lowest BCUT2D eigenvalue weighted by molar-refractivity contribution is 0.0983. The number of nitrogens with zero attached hydrogens (tertiary/aromatic N) is 2. The molecular weight excluding hydrogens is 267 g/mol. The van der Waals surface area contributed by atoms with E-state index in [1.165, 1.54) is 12.1 Å². The zero-order valence-corrected chi connectivity index (χ0v) is 11.9. The summed E-state index contributed by atoms with van der Waals surface area (Å²) in [6.07, 6.45) is 0.853. The van der Waals surface area contributed by atoms with E-state index in [0.717, 1.165) is 24.3 Å². The predicted octanol–water partition coefficient (Wildman–Crippen LogP) is 3.31. The lowest BCUT2D eigenvalue weighted by Crippen LogP contribution is -2.32. The van der Waals surface area contributed by atoms with Crippen LogP contribution in [0.4, 0.5) is 15.8 Å². The molecule has 108 valence electrons. The standard InChI is InChI=1S/C17H17FN2O/c1-19-11-6-12-20(16-10-5-4-9-15(16)19)17(21)13-7-2-3-8-14(13)18/h2-5,7-10H,6,11-12H2,1H3. The van der Waals surface area contributed by atoms with Crippen molar-refractivity contribution in [3.63, 3.8) is 0 Å². The molecule has 3 rings (SSSR count). The average molecular weight is 284 g/mol. The van der Waals surface area contributed by atoms with E-state index in [0.29, 0.717) is 6.54 Å². The summed E-state index contributed by atoms with van der Waals surface area (Å²) in [5.74, 6) is -0.756. The number of para-hydroxylation sites is 2. The largest absolute Gasteiger partial charge is 0.373 e. The summed E-state index contributed by atoms with van der Waals surface area (Å²) in [5, 5.41) is 0. The highest BCUT2D eigenvalue weighted by molar-refractivity contribution is 6.08. The van der Waals surface area contributed by atoms with Gasteiger partial charge in [0, 0.05) is 20.1 Å². The fraction of sp³-hybridized carbons (Fsp3) is 0.235. The van der Waals surface area contributed by atoms with Crippen molar-refractivity contribution in [1.29, 1.82) is 0 Å². The number of hydrogen-bond donors (Lipinski definition) is 0. The first-order valence-corrected chi connectivity index (χ1v) is 7.05. The number of halogens is 1. The van der Waals surface area contributed by atoms with Gasteiger partial charge in [-0.3, -0.25) is 4.79 Å². The molecule has 3 nitrogen and oxygen atoms in total. The number of benzene rings is 2. The molecular formula is C17H17FN2O. The quantitative estimate of drug-likeness (QED) is 0.802. The van der Waals surface area contributed by atoms with Gasteiger partial charge in [-0.2, -0.15) is 0 Å². The van der Waals surface area contributed by atoms with Gasteiger partial charge in [-0.15, -0.1) is 0 Å². The van der Waals surface area contributed by atoms with Crippen LogP contribution in [0.2, 0.25) is 0 Å². The number of amides is 1. The molecule has 0 fully saturated rings. The highest BCUT2D eigenvalue weighted by Gasteiger charge is 2.25. The lowest BCUT2D eigenvalue weighted by Gasteiger charge is -2.24. The molecule has 0 bridgehead atoms. The van der Waals surface area contributed by atoms with Crippen molar-refractivity contribution in [1.82, 2.24) is 0 Å². The molecule has 1 heterocycles. The summed E-state index contributed by atoms with van der Waals surface area (Å²) >= 11 is 0. The van der Waals surface area contributed by atoms with E-state index in [2.05, 4.69) is 4.90 Å². The minimum absolute atomic E-state index is 0.122. The molecule has 1 aliphatic rings. The molecule has 0 aromatic heterocycles. The Labute approximate surface area is 123 Å². The lowest BCUT2D eigenvalue weighted by atomic mass is 10.1.